The van der Waals surface area contributed by atoms with Gasteiger partial charge in [0.2, 0.25) is 5.91 Å². The van der Waals surface area contributed by atoms with E-state index in [1.807, 2.05) is 28.1 Å². The molecule has 0 fully saturated rings. The number of nitrogens with zero attached hydrogens (tertiary/aromatic N) is 1. The Labute approximate surface area is 168 Å². The third-order valence-corrected chi connectivity index (χ3v) is 5.75. The molecule has 0 bridgehead atoms. The Morgan fingerprint density at radius 2 is 1.96 bits per heavy atom. The second-order valence-electron chi connectivity index (χ2n) is 5.99. The molecule has 1 aromatic carbocycles. The maximum Gasteiger partial charge on any atom is 0.303 e. The number of aryl methyl sites for hydroxylation is 1. The van der Waals surface area contributed by atoms with Crippen LogP contribution < -0.4 is 11.5 Å². The summed E-state index contributed by atoms with van der Waals surface area (Å²) in [4.78, 5) is 22.6. The Kier molecular flexibility index (Phi) is 5.79. The molecular weight excluding hydrogens is 430 g/mol. The summed E-state index contributed by atoms with van der Waals surface area (Å²) in [7, 11) is 0. The zero-order valence-electron chi connectivity index (χ0n) is 14.3. The fraction of sp³-hybridized carbons (Fsp3) is 0.158. The van der Waals surface area contributed by atoms with E-state index in [4.69, 9.17) is 16.6 Å². The Morgan fingerprint density at radius 1 is 1.19 bits per heavy atom. The molecule has 3 rings (SSSR count). The van der Waals surface area contributed by atoms with Crippen LogP contribution in [0.15, 0.2) is 45.6 Å². The number of nitrogens with two attached hydrogens (primary N) is 2. The lowest BCUT2D eigenvalue weighted by molar-refractivity contribution is -0.136. The first kappa shape index (κ1) is 19.3. The number of carboxylic acid groups (broad SMARTS) is 1. The van der Waals surface area contributed by atoms with Gasteiger partial charge in [-0.05, 0) is 64.3 Å². The average Bonchev–Trinajstić information content (AvgIpc) is 3.25. The van der Waals surface area contributed by atoms with Crippen molar-refractivity contribution in [2.75, 3.05) is 0 Å². The Balaban J connectivity index is 2.18. The van der Waals surface area contributed by atoms with Crippen LogP contribution in [0, 0.1) is 0 Å². The number of benzene rings is 1. The van der Waals surface area contributed by atoms with Gasteiger partial charge >= 0.3 is 5.97 Å². The minimum absolute atomic E-state index is 0.0219. The number of aromatic nitrogens is 1. The van der Waals surface area contributed by atoms with Crippen molar-refractivity contribution in [3.63, 3.8) is 0 Å². The molecule has 2 heterocycles. The van der Waals surface area contributed by atoms with Crippen LogP contribution in [0.25, 0.3) is 16.9 Å². The van der Waals surface area contributed by atoms with Gasteiger partial charge < -0.3 is 21.1 Å². The van der Waals surface area contributed by atoms with Crippen molar-refractivity contribution >= 4 is 39.1 Å². The van der Waals surface area contributed by atoms with Crippen LogP contribution in [0.2, 0.25) is 0 Å². The average molecular weight is 448 g/mol. The van der Waals surface area contributed by atoms with E-state index in [-0.39, 0.29) is 13.0 Å². The number of thiophene rings is 1. The normalized spacial score (nSPS) is 10.9. The first-order chi connectivity index (χ1) is 12.9. The molecule has 0 aliphatic rings. The molecule has 3 aromatic rings. The lowest BCUT2D eigenvalue weighted by Crippen LogP contribution is -2.14. The predicted octanol–water partition coefficient (Wildman–Crippen LogP) is 3.54. The molecular formula is C19H18BrN3O3S. The number of amides is 1. The van der Waals surface area contributed by atoms with Crippen LogP contribution in [0.5, 0.6) is 0 Å². The van der Waals surface area contributed by atoms with Gasteiger partial charge in [0.05, 0.1) is 21.6 Å². The van der Waals surface area contributed by atoms with Crippen molar-refractivity contribution < 1.29 is 14.7 Å². The highest BCUT2D eigenvalue weighted by atomic mass is 79.9. The summed E-state index contributed by atoms with van der Waals surface area (Å²) >= 11 is 5.05. The zero-order valence-corrected chi connectivity index (χ0v) is 16.7. The first-order valence-electron chi connectivity index (χ1n) is 8.20. The first-order valence-corrected chi connectivity index (χ1v) is 9.88. The number of carbonyl (C=O) groups excluding carboxylic acids is 1. The second kappa shape index (κ2) is 8.08. The highest BCUT2D eigenvalue weighted by Crippen LogP contribution is 2.33. The highest BCUT2D eigenvalue weighted by molar-refractivity contribution is 9.11. The van der Waals surface area contributed by atoms with Gasteiger partial charge in [-0.1, -0.05) is 0 Å². The molecule has 0 saturated heterocycles. The fourth-order valence-corrected chi connectivity index (χ4v) is 4.13. The number of rotatable bonds is 7. The standard InChI is InChI=1S/C19H18BrN3O3S/c20-17-8-13(10-27-17)16-5-2-14(3-6-18(24)25)23(16)15-4-1-11(19(22)26)7-12(15)9-21/h1-2,4-5,7-8,10H,3,6,9,21H2,(H2,22,26)(H,24,25). The van der Waals surface area contributed by atoms with Crippen LogP contribution in [-0.4, -0.2) is 21.6 Å². The maximum atomic E-state index is 11.5. The number of aliphatic carboxylic acids is 1. The molecule has 0 radical (unpaired) electrons. The molecule has 0 atom stereocenters. The number of carboxylic acids is 1. The third-order valence-electron chi connectivity index (χ3n) is 4.24. The van der Waals surface area contributed by atoms with E-state index >= 15 is 0 Å². The van der Waals surface area contributed by atoms with Crippen LogP contribution in [-0.2, 0) is 17.8 Å². The molecule has 0 aliphatic heterocycles. The minimum atomic E-state index is -0.856. The van der Waals surface area contributed by atoms with Crippen molar-refractivity contribution in [1.29, 1.82) is 0 Å². The minimum Gasteiger partial charge on any atom is -0.481 e. The zero-order chi connectivity index (χ0) is 19.6. The maximum absolute atomic E-state index is 11.5. The molecule has 6 nitrogen and oxygen atoms in total. The van der Waals surface area contributed by atoms with Crippen molar-refractivity contribution in [2.24, 2.45) is 11.5 Å². The fourth-order valence-electron chi connectivity index (χ4n) is 2.98. The molecule has 2 aromatic heterocycles. The summed E-state index contributed by atoms with van der Waals surface area (Å²) in [5.41, 5.74) is 16.1. The van der Waals surface area contributed by atoms with E-state index in [1.54, 1.807) is 29.5 Å². The smallest absolute Gasteiger partial charge is 0.303 e. The molecule has 27 heavy (non-hydrogen) atoms. The number of carbonyl (C=O) groups is 2. The molecule has 0 saturated carbocycles. The van der Waals surface area contributed by atoms with E-state index in [9.17, 15) is 9.59 Å². The van der Waals surface area contributed by atoms with E-state index in [0.29, 0.717) is 12.0 Å². The lowest BCUT2D eigenvalue weighted by Gasteiger charge is -2.17. The van der Waals surface area contributed by atoms with Gasteiger partial charge in [0, 0.05) is 28.7 Å². The molecule has 140 valence electrons. The van der Waals surface area contributed by atoms with Crippen molar-refractivity contribution in [1.82, 2.24) is 4.57 Å². The Hall–Kier alpha value is -2.42. The largest absolute Gasteiger partial charge is 0.481 e. The lowest BCUT2D eigenvalue weighted by atomic mass is 10.1. The third kappa shape index (κ3) is 4.13. The monoisotopic (exact) mass is 447 g/mol. The number of primary amides is 1. The van der Waals surface area contributed by atoms with Gasteiger partial charge in [0.15, 0.2) is 0 Å². The molecule has 5 N–H and O–H groups in total. The summed E-state index contributed by atoms with van der Waals surface area (Å²) in [6.45, 7) is 0.222. The Morgan fingerprint density at radius 3 is 2.56 bits per heavy atom. The van der Waals surface area contributed by atoms with E-state index in [0.717, 1.165) is 32.0 Å². The van der Waals surface area contributed by atoms with Crippen LogP contribution in [0.4, 0.5) is 0 Å². The summed E-state index contributed by atoms with van der Waals surface area (Å²) in [5.74, 6) is -1.37. The van der Waals surface area contributed by atoms with E-state index < -0.39 is 11.9 Å². The van der Waals surface area contributed by atoms with Crippen molar-refractivity contribution in [2.45, 2.75) is 19.4 Å². The number of hydrogen-bond donors (Lipinski definition) is 3. The summed E-state index contributed by atoms with van der Waals surface area (Å²) < 4.78 is 3.00. The van der Waals surface area contributed by atoms with Gasteiger partial charge in [0.1, 0.15) is 0 Å². The molecule has 0 spiro atoms. The van der Waals surface area contributed by atoms with E-state index in [1.165, 1.54) is 0 Å². The topological polar surface area (TPSA) is 111 Å². The summed E-state index contributed by atoms with van der Waals surface area (Å²) in [5, 5.41) is 11.1. The van der Waals surface area contributed by atoms with Gasteiger partial charge in [-0.15, -0.1) is 11.3 Å². The van der Waals surface area contributed by atoms with Gasteiger partial charge in [0.25, 0.3) is 0 Å². The van der Waals surface area contributed by atoms with Crippen molar-refractivity contribution in [3.8, 4) is 16.9 Å². The van der Waals surface area contributed by atoms with Gasteiger partial charge in [-0.3, -0.25) is 9.59 Å². The SMILES string of the molecule is NCc1cc(C(N)=O)ccc1-n1c(CCC(=O)O)ccc1-c1csc(Br)c1. The van der Waals surface area contributed by atoms with Gasteiger partial charge in [-0.2, -0.15) is 0 Å². The van der Waals surface area contributed by atoms with Crippen LogP contribution in [0.1, 0.15) is 28.0 Å². The van der Waals surface area contributed by atoms with Crippen LogP contribution in [0.3, 0.4) is 0 Å². The van der Waals surface area contributed by atoms with Crippen LogP contribution >= 0.6 is 27.3 Å². The number of hydrogen-bond acceptors (Lipinski definition) is 4. The molecule has 8 heteroatoms. The highest BCUT2D eigenvalue weighted by Gasteiger charge is 2.17. The quantitative estimate of drug-likeness (QED) is 0.513. The predicted molar refractivity (Wildman–Crippen MR) is 109 cm³/mol. The molecule has 0 unspecified atom stereocenters. The van der Waals surface area contributed by atoms with Crippen molar-refractivity contribution in [3.05, 3.63) is 62.4 Å². The second-order valence-corrected chi connectivity index (χ2v) is 8.28. The summed E-state index contributed by atoms with van der Waals surface area (Å²) in [6, 6.07) is 11.0. The Bertz CT molecular complexity index is 1010. The van der Waals surface area contributed by atoms with Gasteiger partial charge in [-0.25, -0.2) is 0 Å². The van der Waals surface area contributed by atoms with E-state index in [2.05, 4.69) is 15.9 Å². The number of halogens is 1. The molecule has 1 amide bonds. The summed E-state index contributed by atoms with van der Waals surface area (Å²) in [6.07, 6.45) is 0.399. The molecule has 0 aliphatic carbocycles.